The van der Waals surface area contributed by atoms with E-state index in [-0.39, 0.29) is 35.0 Å². The number of hydrogen-bond donors (Lipinski definition) is 2. The molecule has 0 fully saturated rings. The van der Waals surface area contributed by atoms with Gasteiger partial charge in [-0.05, 0) is 29.8 Å². The van der Waals surface area contributed by atoms with E-state index in [1.165, 1.54) is 31.4 Å². The highest BCUT2D eigenvalue weighted by Gasteiger charge is 2.16. The molecule has 0 aliphatic heterocycles. The van der Waals surface area contributed by atoms with Gasteiger partial charge in [0.05, 0.1) is 12.0 Å². The van der Waals surface area contributed by atoms with E-state index in [1.807, 2.05) is 0 Å². The highest BCUT2D eigenvalue weighted by molar-refractivity contribution is 5.95. The van der Waals surface area contributed by atoms with Crippen molar-refractivity contribution < 1.29 is 28.0 Å². The number of nitro groups is 1. The summed E-state index contributed by atoms with van der Waals surface area (Å²) in [7, 11) is 1.31. The van der Waals surface area contributed by atoms with Gasteiger partial charge >= 0.3 is 6.61 Å². The van der Waals surface area contributed by atoms with Crippen molar-refractivity contribution in [3.8, 4) is 11.5 Å². The number of nitrogens with one attached hydrogen (secondary N) is 1. The normalized spacial score (nSPS) is 10.5. The zero-order chi connectivity index (χ0) is 19.3. The average molecular weight is 367 g/mol. The second-order valence-corrected chi connectivity index (χ2v) is 5.08. The van der Waals surface area contributed by atoms with Gasteiger partial charge in [-0.25, -0.2) is 0 Å². The van der Waals surface area contributed by atoms with Crippen molar-refractivity contribution in [1.29, 1.82) is 0 Å². The summed E-state index contributed by atoms with van der Waals surface area (Å²) < 4.78 is 34.1. The Labute approximate surface area is 146 Å². The Balaban J connectivity index is 2.12. The highest BCUT2D eigenvalue weighted by atomic mass is 19.3. The summed E-state index contributed by atoms with van der Waals surface area (Å²) in [6.45, 7) is -3.04. The molecule has 0 atom stereocenters. The number of benzene rings is 2. The molecular formula is C16H15F2N3O5. The Kier molecular flexibility index (Phi) is 5.89. The second-order valence-electron chi connectivity index (χ2n) is 5.08. The van der Waals surface area contributed by atoms with Crippen LogP contribution in [0.3, 0.4) is 0 Å². The quantitative estimate of drug-likeness (QED) is 0.441. The summed E-state index contributed by atoms with van der Waals surface area (Å²) in [5.41, 5.74) is 5.56. The van der Waals surface area contributed by atoms with Crippen molar-refractivity contribution >= 4 is 17.3 Å². The number of carbonyl (C=O) groups is 1. The molecule has 0 aliphatic rings. The van der Waals surface area contributed by atoms with Crippen LogP contribution in [-0.4, -0.2) is 24.6 Å². The molecule has 0 saturated heterocycles. The Morgan fingerprint density at radius 3 is 2.62 bits per heavy atom. The summed E-state index contributed by atoms with van der Waals surface area (Å²) in [4.78, 5) is 22.3. The van der Waals surface area contributed by atoms with Crippen molar-refractivity contribution in [3.63, 3.8) is 0 Å². The molecule has 10 heteroatoms. The van der Waals surface area contributed by atoms with Crippen LogP contribution < -0.4 is 20.5 Å². The van der Waals surface area contributed by atoms with Crippen LogP contribution in [0.4, 0.5) is 20.2 Å². The van der Waals surface area contributed by atoms with E-state index in [4.69, 9.17) is 10.5 Å². The zero-order valence-electron chi connectivity index (χ0n) is 13.6. The van der Waals surface area contributed by atoms with Gasteiger partial charge in [0, 0.05) is 18.2 Å². The predicted molar refractivity (Wildman–Crippen MR) is 88.3 cm³/mol. The summed E-state index contributed by atoms with van der Waals surface area (Å²) in [5.74, 6) is -0.632. The third-order valence-corrected chi connectivity index (χ3v) is 3.39. The number of amides is 1. The largest absolute Gasteiger partial charge is 0.493 e. The van der Waals surface area contributed by atoms with Gasteiger partial charge in [0.25, 0.3) is 11.6 Å². The molecule has 3 N–H and O–H groups in total. The van der Waals surface area contributed by atoms with E-state index >= 15 is 0 Å². The number of anilines is 1. The molecule has 0 spiro atoms. The minimum atomic E-state index is -3.02. The third-order valence-electron chi connectivity index (χ3n) is 3.39. The van der Waals surface area contributed by atoms with Crippen LogP contribution in [0.1, 0.15) is 15.9 Å². The minimum Gasteiger partial charge on any atom is -0.493 e. The van der Waals surface area contributed by atoms with E-state index in [0.717, 1.165) is 6.07 Å². The van der Waals surface area contributed by atoms with Crippen LogP contribution >= 0.6 is 0 Å². The number of hydrogen-bond acceptors (Lipinski definition) is 6. The number of nitrogens with zero attached hydrogens (tertiary/aromatic N) is 1. The smallest absolute Gasteiger partial charge is 0.387 e. The molecule has 1 amide bonds. The first-order chi connectivity index (χ1) is 12.3. The lowest BCUT2D eigenvalue weighted by atomic mass is 10.1. The number of carbonyl (C=O) groups excluding carboxylic acids is 1. The zero-order valence-corrected chi connectivity index (χ0v) is 13.6. The summed E-state index contributed by atoms with van der Waals surface area (Å²) >= 11 is 0. The third kappa shape index (κ3) is 4.56. The monoisotopic (exact) mass is 367 g/mol. The van der Waals surface area contributed by atoms with Crippen LogP contribution in [0.5, 0.6) is 11.5 Å². The Hall–Kier alpha value is -3.43. The maximum Gasteiger partial charge on any atom is 0.387 e. The first-order valence-corrected chi connectivity index (χ1v) is 7.25. The maximum absolute atomic E-state index is 12.4. The standard InChI is InChI=1S/C16H15F2N3O5/c1-25-13-5-2-9(6-14(13)26-16(17)18)8-20-15(22)10-3-4-11(19)12(7-10)21(23)24/h2-7,16H,8,19H2,1H3,(H,20,22). The summed E-state index contributed by atoms with van der Waals surface area (Å²) in [6.07, 6.45) is 0. The minimum absolute atomic E-state index is 0.0133. The number of nitro benzene ring substituents is 1. The van der Waals surface area contributed by atoms with Crippen molar-refractivity contribution in [2.75, 3.05) is 12.8 Å². The fourth-order valence-electron chi connectivity index (χ4n) is 2.15. The number of methoxy groups -OCH3 is 1. The van der Waals surface area contributed by atoms with Crippen LogP contribution in [0, 0.1) is 10.1 Å². The second kappa shape index (κ2) is 8.10. The number of nitrogens with two attached hydrogens (primary N) is 1. The molecule has 0 radical (unpaired) electrons. The van der Waals surface area contributed by atoms with Crippen molar-refractivity contribution in [3.05, 3.63) is 57.6 Å². The Morgan fingerprint density at radius 2 is 2.00 bits per heavy atom. The average Bonchev–Trinajstić information content (AvgIpc) is 2.59. The van der Waals surface area contributed by atoms with Gasteiger partial charge in [0.1, 0.15) is 5.69 Å². The molecule has 8 nitrogen and oxygen atoms in total. The maximum atomic E-state index is 12.4. The summed E-state index contributed by atoms with van der Waals surface area (Å²) in [5, 5.41) is 13.4. The van der Waals surface area contributed by atoms with E-state index in [0.29, 0.717) is 5.56 Å². The molecular weight excluding hydrogens is 352 g/mol. The lowest BCUT2D eigenvalue weighted by Gasteiger charge is -2.12. The molecule has 0 bridgehead atoms. The Morgan fingerprint density at radius 1 is 1.27 bits per heavy atom. The topological polar surface area (TPSA) is 117 Å². The van der Waals surface area contributed by atoms with Gasteiger partial charge in [-0.15, -0.1) is 0 Å². The van der Waals surface area contributed by atoms with Gasteiger partial charge in [-0.3, -0.25) is 14.9 Å². The van der Waals surface area contributed by atoms with Gasteiger partial charge < -0.3 is 20.5 Å². The van der Waals surface area contributed by atoms with E-state index in [2.05, 4.69) is 10.1 Å². The van der Waals surface area contributed by atoms with Gasteiger partial charge in [-0.1, -0.05) is 6.07 Å². The number of nitrogen functional groups attached to an aromatic ring is 1. The van der Waals surface area contributed by atoms with Crippen molar-refractivity contribution in [2.45, 2.75) is 13.2 Å². The van der Waals surface area contributed by atoms with E-state index in [9.17, 15) is 23.7 Å². The number of alkyl halides is 2. The van der Waals surface area contributed by atoms with Crippen molar-refractivity contribution in [1.82, 2.24) is 5.32 Å². The van der Waals surface area contributed by atoms with Crippen LogP contribution in [0.2, 0.25) is 0 Å². The number of halogens is 2. The van der Waals surface area contributed by atoms with Crippen LogP contribution in [0.25, 0.3) is 0 Å². The predicted octanol–water partition coefficient (Wildman–Crippen LogP) is 2.72. The first kappa shape index (κ1) is 18.9. The van der Waals surface area contributed by atoms with E-state index < -0.39 is 17.4 Å². The SMILES string of the molecule is COc1ccc(CNC(=O)c2ccc(N)c([N+](=O)[O-])c2)cc1OC(F)F. The molecule has 2 aromatic carbocycles. The fraction of sp³-hybridized carbons (Fsp3) is 0.188. The van der Waals surface area contributed by atoms with Crippen LogP contribution in [0.15, 0.2) is 36.4 Å². The number of ether oxygens (including phenoxy) is 2. The van der Waals surface area contributed by atoms with Gasteiger partial charge in [0.15, 0.2) is 11.5 Å². The molecule has 0 unspecified atom stereocenters. The molecule has 0 aromatic heterocycles. The molecule has 0 saturated carbocycles. The molecule has 138 valence electrons. The lowest BCUT2D eigenvalue weighted by molar-refractivity contribution is -0.383. The molecule has 0 heterocycles. The Bertz CT molecular complexity index is 830. The van der Waals surface area contributed by atoms with Crippen LogP contribution in [-0.2, 0) is 6.54 Å². The van der Waals surface area contributed by atoms with E-state index in [1.54, 1.807) is 6.07 Å². The number of rotatable bonds is 7. The molecule has 2 aromatic rings. The first-order valence-electron chi connectivity index (χ1n) is 7.25. The molecule has 0 aliphatic carbocycles. The molecule has 26 heavy (non-hydrogen) atoms. The highest BCUT2D eigenvalue weighted by Crippen LogP contribution is 2.29. The van der Waals surface area contributed by atoms with Gasteiger partial charge in [0.2, 0.25) is 0 Å². The van der Waals surface area contributed by atoms with Crippen molar-refractivity contribution in [2.24, 2.45) is 0 Å². The van der Waals surface area contributed by atoms with Gasteiger partial charge in [-0.2, -0.15) is 8.78 Å². The fourth-order valence-corrected chi connectivity index (χ4v) is 2.15. The summed E-state index contributed by atoms with van der Waals surface area (Å²) in [6, 6.07) is 7.95. The molecule has 2 rings (SSSR count). The lowest BCUT2D eigenvalue weighted by Crippen LogP contribution is -2.23.